The van der Waals surface area contributed by atoms with E-state index in [2.05, 4.69) is 26.6 Å². The van der Waals surface area contributed by atoms with E-state index in [1.165, 1.54) is 5.56 Å². The lowest BCUT2D eigenvalue weighted by molar-refractivity contribution is -0.0305. The fraction of sp³-hybridized carbons (Fsp3) is 0.471. The van der Waals surface area contributed by atoms with Gasteiger partial charge in [-0.2, -0.15) is 0 Å². The number of aromatic nitrogens is 2. The Labute approximate surface area is 136 Å². The van der Waals surface area contributed by atoms with Gasteiger partial charge in [0, 0.05) is 43.6 Å². The van der Waals surface area contributed by atoms with E-state index in [1.807, 2.05) is 31.5 Å². The van der Waals surface area contributed by atoms with E-state index in [4.69, 9.17) is 16.3 Å². The molecule has 22 heavy (non-hydrogen) atoms. The molecule has 0 N–H and O–H groups in total. The van der Waals surface area contributed by atoms with Gasteiger partial charge in [0.1, 0.15) is 5.82 Å². The van der Waals surface area contributed by atoms with Crippen LogP contribution in [0.1, 0.15) is 23.9 Å². The Bertz CT molecular complexity index is 596. The van der Waals surface area contributed by atoms with E-state index in [0.717, 1.165) is 50.1 Å². The molecule has 4 nitrogen and oxygen atoms in total. The summed E-state index contributed by atoms with van der Waals surface area (Å²) < 4.78 is 8.11. The Balaban J connectivity index is 1.50. The first-order chi connectivity index (χ1) is 10.7. The van der Waals surface area contributed by atoms with Crippen molar-refractivity contribution >= 4 is 11.6 Å². The molecule has 0 aliphatic carbocycles. The van der Waals surface area contributed by atoms with Gasteiger partial charge in [0.2, 0.25) is 0 Å². The Kier molecular flexibility index (Phi) is 5.13. The van der Waals surface area contributed by atoms with Crippen LogP contribution in [0, 0.1) is 6.92 Å². The maximum absolute atomic E-state index is 5.95. The standard InChI is InChI=1S/C17H22ClN3O/c1-14-19-7-10-21(14)9-2-8-20-11-12-22-17(13-20)15-3-5-16(18)6-4-15/h3-7,10,17H,2,8-9,11-13H2,1H3/t17-/m1/s1. The van der Waals surface area contributed by atoms with Crippen molar-refractivity contribution in [2.45, 2.75) is 26.0 Å². The number of morpholine rings is 1. The fourth-order valence-electron chi connectivity index (χ4n) is 2.89. The molecule has 1 aliphatic rings. The quantitative estimate of drug-likeness (QED) is 0.847. The van der Waals surface area contributed by atoms with E-state index in [-0.39, 0.29) is 6.10 Å². The summed E-state index contributed by atoms with van der Waals surface area (Å²) in [6, 6.07) is 7.98. The number of imidazole rings is 1. The normalized spacial score (nSPS) is 19.5. The zero-order chi connectivity index (χ0) is 15.4. The van der Waals surface area contributed by atoms with Gasteiger partial charge in [0.15, 0.2) is 0 Å². The summed E-state index contributed by atoms with van der Waals surface area (Å²) in [5.74, 6) is 1.08. The topological polar surface area (TPSA) is 30.3 Å². The highest BCUT2D eigenvalue weighted by Crippen LogP contribution is 2.23. The van der Waals surface area contributed by atoms with Crippen LogP contribution < -0.4 is 0 Å². The number of hydrogen-bond acceptors (Lipinski definition) is 3. The lowest BCUT2D eigenvalue weighted by Crippen LogP contribution is -2.39. The summed E-state index contributed by atoms with van der Waals surface area (Å²) in [6.07, 6.45) is 5.19. The van der Waals surface area contributed by atoms with Crippen LogP contribution in [0.2, 0.25) is 5.02 Å². The Hall–Kier alpha value is -1.36. The number of benzene rings is 1. The van der Waals surface area contributed by atoms with Crippen molar-refractivity contribution in [3.8, 4) is 0 Å². The minimum absolute atomic E-state index is 0.154. The number of halogens is 1. The van der Waals surface area contributed by atoms with Crippen LogP contribution >= 0.6 is 11.6 Å². The van der Waals surface area contributed by atoms with Crippen LogP contribution in [0.25, 0.3) is 0 Å². The van der Waals surface area contributed by atoms with Gasteiger partial charge in [-0.25, -0.2) is 4.98 Å². The summed E-state index contributed by atoms with van der Waals surface area (Å²) in [4.78, 5) is 6.74. The third-order valence-corrected chi connectivity index (χ3v) is 4.44. The molecule has 0 amide bonds. The van der Waals surface area contributed by atoms with Gasteiger partial charge in [0.05, 0.1) is 12.7 Å². The molecule has 0 unspecified atom stereocenters. The average Bonchev–Trinajstić information content (AvgIpc) is 2.94. The van der Waals surface area contributed by atoms with Crippen molar-refractivity contribution in [1.82, 2.24) is 14.5 Å². The Morgan fingerprint density at radius 1 is 1.27 bits per heavy atom. The van der Waals surface area contributed by atoms with Gasteiger partial charge in [-0.05, 0) is 31.0 Å². The largest absolute Gasteiger partial charge is 0.371 e. The van der Waals surface area contributed by atoms with Gasteiger partial charge in [-0.1, -0.05) is 23.7 Å². The number of rotatable bonds is 5. The van der Waals surface area contributed by atoms with Crippen LogP contribution in [-0.2, 0) is 11.3 Å². The zero-order valence-electron chi connectivity index (χ0n) is 12.9. The first-order valence-electron chi connectivity index (χ1n) is 7.79. The lowest BCUT2D eigenvalue weighted by Gasteiger charge is -2.33. The molecule has 0 spiro atoms. The lowest BCUT2D eigenvalue weighted by atomic mass is 10.1. The van der Waals surface area contributed by atoms with E-state index in [9.17, 15) is 0 Å². The fourth-order valence-corrected chi connectivity index (χ4v) is 3.02. The van der Waals surface area contributed by atoms with Gasteiger partial charge < -0.3 is 9.30 Å². The SMILES string of the molecule is Cc1nccn1CCCN1CCO[C@@H](c2ccc(Cl)cc2)C1. The van der Waals surface area contributed by atoms with Crippen LogP contribution in [0.15, 0.2) is 36.7 Å². The molecule has 1 fully saturated rings. The zero-order valence-corrected chi connectivity index (χ0v) is 13.7. The summed E-state index contributed by atoms with van der Waals surface area (Å²) in [5, 5.41) is 0.770. The Morgan fingerprint density at radius 3 is 2.82 bits per heavy atom. The van der Waals surface area contributed by atoms with Crippen LogP contribution in [-0.4, -0.2) is 40.7 Å². The predicted octanol–water partition coefficient (Wildman–Crippen LogP) is 3.31. The molecule has 1 atom stereocenters. The van der Waals surface area contributed by atoms with Crippen LogP contribution in [0.5, 0.6) is 0 Å². The highest BCUT2D eigenvalue weighted by atomic mass is 35.5. The molecule has 1 saturated heterocycles. The number of aryl methyl sites for hydroxylation is 2. The summed E-state index contributed by atoms with van der Waals surface area (Å²) in [6.45, 7) is 6.90. The molecule has 2 aromatic rings. The van der Waals surface area contributed by atoms with E-state index in [0.29, 0.717) is 0 Å². The minimum Gasteiger partial charge on any atom is -0.371 e. The van der Waals surface area contributed by atoms with Gasteiger partial charge in [-0.15, -0.1) is 0 Å². The maximum Gasteiger partial charge on any atom is 0.105 e. The number of hydrogen-bond donors (Lipinski definition) is 0. The predicted molar refractivity (Wildman–Crippen MR) is 88.2 cm³/mol. The summed E-state index contributed by atoms with van der Waals surface area (Å²) >= 11 is 5.95. The third-order valence-electron chi connectivity index (χ3n) is 4.19. The molecule has 2 heterocycles. The van der Waals surface area contributed by atoms with Crippen molar-refractivity contribution in [3.05, 3.63) is 53.1 Å². The molecular weight excluding hydrogens is 298 g/mol. The van der Waals surface area contributed by atoms with Crippen molar-refractivity contribution in [3.63, 3.8) is 0 Å². The molecule has 0 saturated carbocycles. The first kappa shape index (κ1) is 15.5. The molecule has 1 aliphatic heterocycles. The molecule has 1 aromatic heterocycles. The molecule has 5 heteroatoms. The van der Waals surface area contributed by atoms with Crippen LogP contribution in [0.4, 0.5) is 0 Å². The van der Waals surface area contributed by atoms with Crippen molar-refractivity contribution in [2.75, 3.05) is 26.2 Å². The molecule has 0 bridgehead atoms. The third kappa shape index (κ3) is 3.88. The first-order valence-corrected chi connectivity index (χ1v) is 8.17. The molecule has 1 aromatic carbocycles. The Morgan fingerprint density at radius 2 is 2.09 bits per heavy atom. The van der Waals surface area contributed by atoms with E-state index < -0.39 is 0 Å². The molecular formula is C17H22ClN3O. The van der Waals surface area contributed by atoms with Crippen molar-refractivity contribution < 1.29 is 4.74 Å². The van der Waals surface area contributed by atoms with E-state index >= 15 is 0 Å². The van der Waals surface area contributed by atoms with Crippen molar-refractivity contribution in [1.29, 1.82) is 0 Å². The van der Waals surface area contributed by atoms with E-state index in [1.54, 1.807) is 0 Å². The summed E-state index contributed by atoms with van der Waals surface area (Å²) in [5.41, 5.74) is 1.21. The second-order valence-electron chi connectivity index (χ2n) is 5.73. The smallest absolute Gasteiger partial charge is 0.105 e. The minimum atomic E-state index is 0.154. The van der Waals surface area contributed by atoms with Gasteiger partial charge in [0.25, 0.3) is 0 Å². The average molecular weight is 320 g/mol. The molecule has 0 radical (unpaired) electrons. The highest BCUT2D eigenvalue weighted by Gasteiger charge is 2.21. The second kappa shape index (κ2) is 7.27. The summed E-state index contributed by atoms with van der Waals surface area (Å²) in [7, 11) is 0. The van der Waals surface area contributed by atoms with Gasteiger partial charge >= 0.3 is 0 Å². The number of ether oxygens (including phenoxy) is 1. The van der Waals surface area contributed by atoms with Crippen LogP contribution in [0.3, 0.4) is 0 Å². The van der Waals surface area contributed by atoms with Gasteiger partial charge in [-0.3, -0.25) is 4.90 Å². The highest BCUT2D eigenvalue weighted by molar-refractivity contribution is 6.30. The molecule has 118 valence electrons. The monoisotopic (exact) mass is 319 g/mol. The maximum atomic E-state index is 5.95. The second-order valence-corrected chi connectivity index (χ2v) is 6.17. The molecule has 3 rings (SSSR count). The number of nitrogens with zero attached hydrogens (tertiary/aromatic N) is 3. The van der Waals surface area contributed by atoms with Crippen molar-refractivity contribution in [2.24, 2.45) is 0 Å².